The maximum atomic E-state index is 10.8. The van der Waals surface area contributed by atoms with Crippen molar-refractivity contribution < 1.29 is 4.79 Å². The molecule has 1 saturated heterocycles. The minimum Gasteiger partial charge on any atom is -0.317 e. The van der Waals surface area contributed by atoms with Crippen LogP contribution in [0.15, 0.2) is 30.3 Å². The number of nitrogens with zero attached hydrogens (tertiary/aromatic N) is 1. The molecule has 62 valence electrons. The highest BCUT2D eigenvalue weighted by Crippen LogP contribution is 2.10. The number of hydrogen-bond donors (Lipinski definition) is 2. The summed E-state index contributed by atoms with van der Waals surface area (Å²) < 4.78 is 0. The van der Waals surface area contributed by atoms with Crippen LogP contribution in [-0.4, -0.2) is 12.7 Å². The molecule has 0 aromatic heterocycles. The van der Waals surface area contributed by atoms with Crippen LogP contribution in [0.2, 0.25) is 0 Å². The lowest BCUT2D eigenvalue weighted by Gasteiger charge is -2.14. The molecule has 0 aliphatic carbocycles. The van der Waals surface area contributed by atoms with Crippen molar-refractivity contribution in [2.75, 3.05) is 11.7 Å². The van der Waals surface area contributed by atoms with Crippen molar-refractivity contribution in [2.45, 2.75) is 0 Å². The summed E-state index contributed by atoms with van der Waals surface area (Å²) in [4.78, 5) is 10.8. The largest absolute Gasteiger partial charge is 0.335 e. The number of urea groups is 1. The van der Waals surface area contributed by atoms with Crippen molar-refractivity contribution in [1.82, 2.24) is 10.7 Å². The van der Waals surface area contributed by atoms with Crippen molar-refractivity contribution in [2.24, 2.45) is 0 Å². The van der Waals surface area contributed by atoms with Gasteiger partial charge in [0.2, 0.25) is 0 Å². The van der Waals surface area contributed by atoms with Crippen molar-refractivity contribution in [3.05, 3.63) is 30.3 Å². The first-order valence-corrected chi connectivity index (χ1v) is 3.73. The zero-order valence-corrected chi connectivity index (χ0v) is 6.45. The molecule has 2 rings (SSSR count). The zero-order valence-electron chi connectivity index (χ0n) is 6.45. The van der Waals surface area contributed by atoms with E-state index in [4.69, 9.17) is 0 Å². The Morgan fingerprint density at radius 2 is 2.00 bits per heavy atom. The predicted molar refractivity (Wildman–Crippen MR) is 45.5 cm³/mol. The lowest BCUT2D eigenvalue weighted by Crippen LogP contribution is -2.32. The Morgan fingerprint density at radius 3 is 2.58 bits per heavy atom. The molecule has 0 saturated carbocycles. The molecule has 1 aromatic rings. The number of para-hydroxylation sites is 1. The Labute approximate surface area is 70.1 Å². The second-order valence-electron chi connectivity index (χ2n) is 2.54. The molecule has 1 fully saturated rings. The molecule has 2 amide bonds. The van der Waals surface area contributed by atoms with Crippen molar-refractivity contribution in [3.63, 3.8) is 0 Å². The summed E-state index contributed by atoms with van der Waals surface area (Å²) in [5.41, 5.74) is 3.64. The first-order chi connectivity index (χ1) is 5.86. The molecule has 0 radical (unpaired) electrons. The maximum Gasteiger partial charge on any atom is 0.335 e. The van der Waals surface area contributed by atoms with Gasteiger partial charge < -0.3 is 5.32 Å². The number of nitrogens with one attached hydrogen (secondary N) is 2. The molecule has 4 heteroatoms. The molecule has 1 aromatic carbocycles. The van der Waals surface area contributed by atoms with E-state index in [1.54, 1.807) is 5.01 Å². The van der Waals surface area contributed by atoms with E-state index in [1.807, 2.05) is 30.3 Å². The van der Waals surface area contributed by atoms with Crippen LogP contribution in [0.5, 0.6) is 0 Å². The van der Waals surface area contributed by atoms with Gasteiger partial charge in [0.25, 0.3) is 0 Å². The summed E-state index contributed by atoms with van der Waals surface area (Å²) in [6.45, 7) is 0.517. The van der Waals surface area contributed by atoms with Gasteiger partial charge in [-0.2, -0.15) is 0 Å². The normalized spacial score (nSPS) is 15.7. The van der Waals surface area contributed by atoms with E-state index < -0.39 is 0 Å². The average Bonchev–Trinajstić information content (AvgIpc) is 2.54. The van der Waals surface area contributed by atoms with Crippen molar-refractivity contribution in [1.29, 1.82) is 0 Å². The highest BCUT2D eigenvalue weighted by molar-refractivity contribution is 5.79. The van der Waals surface area contributed by atoms with Gasteiger partial charge in [-0.25, -0.2) is 10.2 Å². The van der Waals surface area contributed by atoms with E-state index in [1.165, 1.54) is 0 Å². The summed E-state index contributed by atoms with van der Waals surface area (Å²) in [6.07, 6.45) is 0. The van der Waals surface area contributed by atoms with Crippen LogP contribution >= 0.6 is 0 Å². The second kappa shape index (κ2) is 2.73. The monoisotopic (exact) mass is 163 g/mol. The fourth-order valence-electron chi connectivity index (χ4n) is 1.12. The molecular weight excluding hydrogens is 154 g/mol. The summed E-state index contributed by atoms with van der Waals surface area (Å²) in [7, 11) is 0. The molecule has 2 N–H and O–H groups in total. The highest BCUT2D eigenvalue weighted by Gasteiger charge is 2.16. The van der Waals surface area contributed by atoms with Crippen molar-refractivity contribution >= 4 is 11.7 Å². The molecule has 1 aliphatic rings. The molecule has 0 unspecified atom stereocenters. The SMILES string of the molecule is O=C1NCN(c2ccccc2)N1. The van der Waals surface area contributed by atoms with E-state index in [2.05, 4.69) is 10.7 Å². The highest BCUT2D eigenvalue weighted by atomic mass is 16.2. The molecule has 4 nitrogen and oxygen atoms in total. The van der Waals surface area contributed by atoms with Crippen LogP contribution in [0, 0.1) is 0 Å². The Hall–Kier alpha value is -1.71. The summed E-state index contributed by atoms with van der Waals surface area (Å²) in [6, 6.07) is 9.52. The van der Waals surface area contributed by atoms with Crippen LogP contribution in [0.4, 0.5) is 10.5 Å². The van der Waals surface area contributed by atoms with Gasteiger partial charge in [0.05, 0.1) is 5.69 Å². The van der Waals surface area contributed by atoms with Gasteiger partial charge in [-0.1, -0.05) is 18.2 Å². The average molecular weight is 163 g/mol. The van der Waals surface area contributed by atoms with E-state index in [0.717, 1.165) is 5.69 Å². The first kappa shape index (κ1) is 6.97. The molecule has 0 bridgehead atoms. The Kier molecular flexibility index (Phi) is 1.59. The van der Waals surface area contributed by atoms with Gasteiger partial charge in [0.1, 0.15) is 6.67 Å². The first-order valence-electron chi connectivity index (χ1n) is 3.73. The van der Waals surface area contributed by atoms with Gasteiger partial charge in [-0.15, -0.1) is 0 Å². The Balaban J connectivity index is 2.16. The zero-order chi connectivity index (χ0) is 8.39. The Bertz CT molecular complexity index is 286. The van der Waals surface area contributed by atoms with Gasteiger partial charge in [-0.3, -0.25) is 5.01 Å². The molecule has 12 heavy (non-hydrogen) atoms. The van der Waals surface area contributed by atoms with Gasteiger partial charge >= 0.3 is 6.03 Å². The van der Waals surface area contributed by atoms with Gasteiger partial charge in [0.15, 0.2) is 0 Å². The van der Waals surface area contributed by atoms with Gasteiger partial charge in [-0.05, 0) is 12.1 Å². The van der Waals surface area contributed by atoms with Gasteiger partial charge in [0, 0.05) is 0 Å². The van der Waals surface area contributed by atoms with Crippen molar-refractivity contribution in [3.8, 4) is 0 Å². The fraction of sp³-hybridized carbons (Fsp3) is 0.125. The van der Waals surface area contributed by atoms with E-state index in [0.29, 0.717) is 6.67 Å². The number of benzene rings is 1. The van der Waals surface area contributed by atoms with Crippen LogP contribution in [0.3, 0.4) is 0 Å². The molecular formula is C8H9N3O. The predicted octanol–water partition coefficient (Wildman–Crippen LogP) is 0.678. The van der Waals surface area contributed by atoms with E-state index in [-0.39, 0.29) is 6.03 Å². The summed E-state index contributed by atoms with van der Waals surface area (Å²) in [5, 5.41) is 4.40. The van der Waals surface area contributed by atoms with E-state index >= 15 is 0 Å². The minimum atomic E-state index is -0.154. The lowest BCUT2D eigenvalue weighted by atomic mass is 10.3. The third-order valence-electron chi connectivity index (χ3n) is 1.70. The number of carbonyl (C=O) groups is 1. The summed E-state index contributed by atoms with van der Waals surface area (Å²) >= 11 is 0. The lowest BCUT2D eigenvalue weighted by molar-refractivity contribution is 0.248. The smallest absolute Gasteiger partial charge is 0.317 e. The quantitative estimate of drug-likeness (QED) is 0.639. The van der Waals surface area contributed by atoms with Crippen LogP contribution in [0.1, 0.15) is 0 Å². The topological polar surface area (TPSA) is 44.4 Å². The van der Waals surface area contributed by atoms with E-state index in [9.17, 15) is 4.79 Å². The second-order valence-corrected chi connectivity index (χ2v) is 2.54. The molecule has 1 aliphatic heterocycles. The third kappa shape index (κ3) is 1.18. The Morgan fingerprint density at radius 1 is 1.25 bits per heavy atom. The molecule has 1 heterocycles. The van der Waals surface area contributed by atoms with Crippen LogP contribution < -0.4 is 15.8 Å². The summed E-state index contributed by atoms with van der Waals surface area (Å²) in [5.74, 6) is 0. The number of hydrazine groups is 1. The van der Waals surface area contributed by atoms with Crippen LogP contribution in [-0.2, 0) is 0 Å². The number of rotatable bonds is 1. The number of hydrogen-bond acceptors (Lipinski definition) is 2. The molecule has 0 atom stereocenters. The standard InChI is InChI=1S/C8H9N3O/c12-8-9-6-11(10-8)7-4-2-1-3-5-7/h1-5H,6H2,(H2,9,10,12). The number of amides is 2. The minimum absolute atomic E-state index is 0.154. The fourth-order valence-corrected chi connectivity index (χ4v) is 1.12. The maximum absolute atomic E-state index is 10.8. The number of anilines is 1. The number of carbonyl (C=O) groups excluding carboxylic acids is 1. The van der Waals surface area contributed by atoms with Crippen LogP contribution in [0.25, 0.3) is 0 Å². The molecule has 0 spiro atoms. The third-order valence-corrected chi connectivity index (χ3v) is 1.70.